The van der Waals surface area contributed by atoms with E-state index in [0.717, 1.165) is 43.3 Å². The van der Waals surface area contributed by atoms with Crippen molar-refractivity contribution in [1.82, 2.24) is 0 Å². The lowest BCUT2D eigenvalue weighted by molar-refractivity contribution is -0.0678. The topological polar surface area (TPSA) is 30.8 Å². The van der Waals surface area contributed by atoms with Crippen LogP contribution in [0.15, 0.2) is 119 Å². The van der Waals surface area contributed by atoms with Crippen molar-refractivity contribution in [3.63, 3.8) is 0 Å². The summed E-state index contributed by atoms with van der Waals surface area (Å²) < 4.78 is 13.5. The molecule has 36 heavy (non-hydrogen) atoms. The fourth-order valence-corrected chi connectivity index (χ4v) is 5.26. The molecule has 0 saturated heterocycles. The molecule has 0 amide bonds. The number of rotatable bonds is 4. The first kappa shape index (κ1) is 22.8. The summed E-state index contributed by atoms with van der Waals surface area (Å²) in [5.41, 5.74) is 4.63. The maximum atomic E-state index is 6.45. The van der Waals surface area contributed by atoms with Gasteiger partial charge in [-0.3, -0.25) is 0 Å². The van der Waals surface area contributed by atoms with E-state index in [2.05, 4.69) is 52.3 Å². The predicted molar refractivity (Wildman–Crippen MR) is 150 cm³/mol. The van der Waals surface area contributed by atoms with Crippen molar-refractivity contribution in [2.75, 3.05) is 0 Å². The number of hydrogen-bond donors (Lipinski definition) is 0. The highest BCUT2D eigenvalue weighted by Crippen LogP contribution is 2.48. The van der Waals surface area contributed by atoms with E-state index in [-0.39, 0.29) is 0 Å². The number of nitrogens with zero attached hydrogens (tertiary/aromatic N) is 1. The lowest BCUT2D eigenvalue weighted by atomic mass is 10.0. The SMILES string of the molecule is CC1(c2ccccc2Cl)Oc2cc3cc(Br)c(N=C(c4ccccc4)c4ccccc4)cc3cc2O1. The Morgan fingerprint density at radius 2 is 1.25 bits per heavy atom. The maximum Gasteiger partial charge on any atom is 0.276 e. The highest BCUT2D eigenvalue weighted by atomic mass is 79.9. The van der Waals surface area contributed by atoms with Crippen molar-refractivity contribution < 1.29 is 9.47 Å². The molecule has 0 fully saturated rings. The Morgan fingerprint density at radius 1 is 0.722 bits per heavy atom. The quantitative estimate of drug-likeness (QED) is 0.207. The molecule has 0 bridgehead atoms. The summed E-state index contributed by atoms with van der Waals surface area (Å²) >= 11 is 10.2. The zero-order valence-corrected chi connectivity index (χ0v) is 21.8. The molecule has 176 valence electrons. The second-order valence-corrected chi connectivity index (χ2v) is 10.0. The molecule has 1 aliphatic heterocycles. The molecule has 6 rings (SSSR count). The van der Waals surface area contributed by atoms with E-state index in [9.17, 15) is 0 Å². The van der Waals surface area contributed by atoms with Crippen LogP contribution in [0.2, 0.25) is 5.02 Å². The minimum absolute atomic E-state index is 0.603. The Labute approximate surface area is 223 Å². The summed E-state index contributed by atoms with van der Waals surface area (Å²) in [6.07, 6.45) is 0. The third-order valence-electron chi connectivity index (χ3n) is 6.27. The third-order valence-corrected chi connectivity index (χ3v) is 7.23. The fraction of sp³-hybridized carbons (Fsp3) is 0.0645. The van der Waals surface area contributed by atoms with E-state index in [4.69, 9.17) is 26.1 Å². The van der Waals surface area contributed by atoms with Gasteiger partial charge in [-0.25, -0.2) is 4.99 Å². The Morgan fingerprint density at radius 3 is 1.83 bits per heavy atom. The van der Waals surface area contributed by atoms with Crippen LogP contribution in [0.5, 0.6) is 11.5 Å². The van der Waals surface area contributed by atoms with Gasteiger partial charge in [-0.05, 0) is 63.1 Å². The van der Waals surface area contributed by atoms with Crippen LogP contribution < -0.4 is 9.47 Å². The molecular weight excluding hydrogens is 534 g/mol. The van der Waals surface area contributed by atoms with Crippen LogP contribution in [0.25, 0.3) is 10.8 Å². The van der Waals surface area contributed by atoms with Crippen LogP contribution in [0.3, 0.4) is 0 Å². The summed E-state index contributed by atoms with van der Waals surface area (Å²) in [5.74, 6) is 0.361. The Bertz CT molecular complexity index is 1580. The number of ether oxygens (including phenoxy) is 2. The molecule has 3 nitrogen and oxygen atoms in total. The molecular formula is C31H21BrClNO2. The number of benzene rings is 5. The van der Waals surface area contributed by atoms with Crippen LogP contribution >= 0.6 is 27.5 Å². The summed E-state index contributed by atoms with van der Waals surface area (Å²) in [4.78, 5) is 5.11. The van der Waals surface area contributed by atoms with Crippen LogP contribution in [-0.2, 0) is 5.79 Å². The van der Waals surface area contributed by atoms with E-state index in [1.54, 1.807) is 0 Å². The third kappa shape index (κ3) is 4.17. The smallest absolute Gasteiger partial charge is 0.276 e. The zero-order chi connectivity index (χ0) is 24.7. The molecule has 5 aromatic rings. The van der Waals surface area contributed by atoms with Gasteiger partial charge in [0.2, 0.25) is 0 Å². The standard InChI is InChI=1S/C31H21BrClNO2/c1-31(24-14-8-9-15-26(24)33)35-28-18-22-16-25(32)27(17-23(22)19-29(28)36-31)34-30(20-10-4-2-5-11-20)21-12-6-3-7-13-21/h2-19H,1H3. The normalized spacial score (nSPS) is 16.2. The van der Waals surface area contributed by atoms with Crippen molar-refractivity contribution in [1.29, 1.82) is 0 Å². The monoisotopic (exact) mass is 553 g/mol. The zero-order valence-electron chi connectivity index (χ0n) is 19.4. The molecule has 1 heterocycles. The molecule has 5 heteroatoms. The van der Waals surface area contributed by atoms with E-state index in [0.29, 0.717) is 16.5 Å². The summed E-state index contributed by atoms with van der Waals surface area (Å²) in [7, 11) is 0. The van der Waals surface area contributed by atoms with E-state index in [1.165, 1.54) is 0 Å². The first-order chi connectivity index (χ1) is 17.5. The Hall–Kier alpha value is -3.60. The van der Waals surface area contributed by atoms with Gasteiger partial charge >= 0.3 is 0 Å². The molecule has 5 aromatic carbocycles. The van der Waals surface area contributed by atoms with E-state index in [1.807, 2.05) is 79.7 Å². The minimum Gasteiger partial charge on any atom is -0.444 e. The first-order valence-corrected chi connectivity index (χ1v) is 12.8. The van der Waals surface area contributed by atoms with Gasteiger partial charge in [0.15, 0.2) is 11.5 Å². The Balaban J connectivity index is 1.44. The van der Waals surface area contributed by atoms with Crippen molar-refractivity contribution in [2.24, 2.45) is 4.99 Å². The van der Waals surface area contributed by atoms with Crippen LogP contribution in [0.1, 0.15) is 23.6 Å². The highest BCUT2D eigenvalue weighted by Gasteiger charge is 2.40. The van der Waals surface area contributed by atoms with Gasteiger partial charge in [0.25, 0.3) is 5.79 Å². The van der Waals surface area contributed by atoms with Gasteiger partial charge in [-0.2, -0.15) is 0 Å². The summed E-state index contributed by atoms with van der Waals surface area (Å²) in [6.45, 7) is 1.89. The van der Waals surface area contributed by atoms with Gasteiger partial charge in [-0.15, -0.1) is 0 Å². The maximum absolute atomic E-state index is 6.45. The summed E-state index contributed by atoms with van der Waals surface area (Å²) in [6, 6.07) is 36.2. The van der Waals surface area contributed by atoms with E-state index >= 15 is 0 Å². The van der Waals surface area contributed by atoms with Gasteiger partial charge in [-0.1, -0.05) is 84.4 Å². The van der Waals surface area contributed by atoms with Crippen LogP contribution in [-0.4, -0.2) is 5.71 Å². The molecule has 0 saturated carbocycles. The van der Waals surface area contributed by atoms with Gasteiger partial charge in [0.1, 0.15) is 0 Å². The Kier molecular flexibility index (Phi) is 5.79. The second-order valence-electron chi connectivity index (χ2n) is 8.77. The molecule has 1 atom stereocenters. The number of fused-ring (bicyclic) bond motifs is 2. The molecule has 0 aromatic heterocycles. The second kappa shape index (κ2) is 9.12. The fourth-order valence-electron chi connectivity index (χ4n) is 4.50. The molecule has 0 N–H and O–H groups in total. The number of aliphatic imine (C=N–C) groups is 1. The highest BCUT2D eigenvalue weighted by molar-refractivity contribution is 9.10. The summed E-state index contributed by atoms with van der Waals surface area (Å²) in [5, 5.41) is 2.63. The van der Waals surface area contributed by atoms with Crippen molar-refractivity contribution in [3.05, 3.63) is 135 Å². The van der Waals surface area contributed by atoms with Gasteiger partial charge in [0.05, 0.1) is 22.0 Å². The van der Waals surface area contributed by atoms with Crippen molar-refractivity contribution in [2.45, 2.75) is 12.7 Å². The molecule has 0 spiro atoms. The molecule has 0 aliphatic carbocycles. The minimum atomic E-state index is -0.996. The van der Waals surface area contributed by atoms with E-state index < -0.39 is 5.79 Å². The van der Waals surface area contributed by atoms with Crippen LogP contribution in [0, 0.1) is 0 Å². The average molecular weight is 555 g/mol. The predicted octanol–water partition coefficient (Wildman–Crippen LogP) is 9.07. The largest absolute Gasteiger partial charge is 0.444 e. The lowest BCUT2D eigenvalue weighted by Gasteiger charge is -2.24. The average Bonchev–Trinajstić information content (AvgIpc) is 3.23. The van der Waals surface area contributed by atoms with Crippen molar-refractivity contribution in [3.8, 4) is 11.5 Å². The van der Waals surface area contributed by atoms with Crippen molar-refractivity contribution >= 4 is 49.7 Å². The molecule has 1 unspecified atom stereocenters. The lowest BCUT2D eigenvalue weighted by Crippen LogP contribution is -2.31. The number of hydrogen-bond acceptors (Lipinski definition) is 3. The molecule has 0 radical (unpaired) electrons. The van der Waals surface area contributed by atoms with Gasteiger partial charge < -0.3 is 9.47 Å². The first-order valence-electron chi connectivity index (χ1n) is 11.6. The molecule has 1 aliphatic rings. The van der Waals surface area contributed by atoms with Gasteiger partial charge in [0, 0.05) is 22.5 Å². The van der Waals surface area contributed by atoms with Crippen LogP contribution in [0.4, 0.5) is 5.69 Å². The number of halogens is 2.